The third-order valence-electron chi connectivity index (χ3n) is 5.65. The minimum Gasteiger partial charge on any atom is -0.375 e. The lowest BCUT2D eigenvalue weighted by molar-refractivity contribution is -0.131. The maximum absolute atomic E-state index is 13.2. The van der Waals surface area contributed by atoms with Crippen LogP contribution in [0.15, 0.2) is 54.6 Å². The third-order valence-corrected chi connectivity index (χ3v) is 6.50. The van der Waals surface area contributed by atoms with Crippen LogP contribution >= 0.6 is 11.3 Å². The van der Waals surface area contributed by atoms with Crippen LogP contribution in [0.3, 0.4) is 0 Å². The summed E-state index contributed by atoms with van der Waals surface area (Å²) in [6, 6.07) is 17.6. The first-order chi connectivity index (χ1) is 15.5. The van der Waals surface area contributed by atoms with Gasteiger partial charge in [0, 0.05) is 12.2 Å². The zero-order chi connectivity index (χ0) is 22.1. The van der Waals surface area contributed by atoms with Crippen molar-refractivity contribution in [2.75, 3.05) is 17.6 Å². The van der Waals surface area contributed by atoms with Crippen LogP contribution in [0.1, 0.15) is 35.8 Å². The molecule has 0 spiro atoms. The van der Waals surface area contributed by atoms with Gasteiger partial charge in [-0.15, -0.1) is 0 Å². The molecule has 4 heterocycles. The van der Waals surface area contributed by atoms with Gasteiger partial charge in [-0.05, 0) is 61.7 Å². The Morgan fingerprint density at radius 1 is 1.12 bits per heavy atom. The Labute approximate surface area is 190 Å². The molecule has 3 aromatic heterocycles. The molecule has 0 aliphatic carbocycles. The summed E-state index contributed by atoms with van der Waals surface area (Å²) in [6.45, 7) is 2.71. The molecule has 1 fully saturated rings. The van der Waals surface area contributed by atoms with Gasteiger partial charge in [-0.1, -0.05) is 29.5 Å². The van der Waals surface area contributed by atoms with Crippen LogP contribution in [-0.4, -0.2) is 32.3 Å². The van der Waals surface area contributed by atoms with Crippen molar-refractivity contribution >= 4 is 44.2 Å². The second kappa shape index (κ2) is 8.55. The minimum absolute atomic E-state index is 0.0162. The normalized spacial score (nSPS) is 15.9. The van der Waals surface area contributed by atoms with Crippen LogP contribution in [0.25, 0.3) is 10.2 Å². The smallest absolute Gasteiger partial charge is 0.227 e. The largest absolute Gasteiger partial charge is 0.375 e. The van der Waals surface area contributed by atoms with Crippen molar-refractivity contribution < 1.29 is 4.79 Å². The number of nitrogens with zero attached hydrogens (tertiary/aromatic N) is 4. The van der Waals surface area contributed by atoms with Crippen molar-refractivity contribution in [3.8, 4) is 0 Å². The molecular weight excluding hydrogens is 420 g/mol. The van der Waals surface area contributed by atoms with Gasteiger partial charge < -0.3 is 16.0 Å². The number of likely N-dealkylation sites (tertiary alicyclic amines) is 1. The molecule has 5 rings (SSSR count). The number of thiazole rings is 1. The van der Waals surface area contributed by atoms with E-state index >= 15 is 0 Å². The first-order valence-corrected chi connectivity index (χ1v) is 11.5. The van der Waals surface area contributed by atoms with Crippen molar-refractivity contribution in [3.05, 3.63) is 71.5 Å². The Bertz CT molecular complexity index is 1290. The number of anilines is 3. The van der Waals surface area contributed by atoms with E-state index in [2.05, 4.69) is 15.3 Å². The molecule has 3 N–H and O–H groups in total. The van der Waals surface area contributed by atoms with E-state index in [1.165, 1.54) is 11.3 Å². The Hall–Kier alpha value is -3.52. The number of amides is 1. The highest BCUT2D eigenvalue weighted by Crippen LogP contribution is 2.32. The van der Waals surface area contributed by atoms with Gasteiger partial charge in [0.05, 0.1) is 28.4 Å². The highest BCUT2D eigenvalue weighted by molar-refractivity contribution is 7.22. The minimum atomic E-state index is -0.0162. The van der Waals surface area contributed by atoms with Gasteiger partial charge >= 0.3 is 0 Å². The summed E-state index contributed by atoms with van der Waals surface area (Å²) in [4.78, 5) is 28.7. The van der Waals surface area contributed by atoms with E-state index in [1.807, 2.05) is 66.4 Å². The fourth-order valence-electron chi connectivity index (χ4n) is 4.20. The first-order valence-electron chi connectivity index (χ1n) is 10.7. The molecule has 7 nitrogen and oxygen atoms in total. The molecule has 1 atom stereocenters. The molecule has 162 valence electrons. The molecule has 1 aliphatic rings. The highest BCUT2D eigenvalue weighted by Gasteiger charge is 2.31. The van der Waals surface area contributed by atoms with Gasteiger partial charge in [0.1, 0.15) is 11.6 Å². The number of carbonyl (C=O) groups is 1. The molecular formula is C24H24N6OS. The first kappa shape index (κ1) is 20.4. The van der Waals surface area contributed by atoms with E-state index in [0.29, 0.717) is 11.6 Å². The zero-order valence-corrected chi connectivity index (χ0v) is 18.6. The van der Waals surface area contributed by atoms with Crippen LogP contribution < -0.4 is 11.1 Å². The van der Waals surface area contributed by atoms with Crippen LogP contribution in [0.2, 0.25) is 0 Å². The number of nitrogens with one attached hydrogen (secondary N) is 1. The van der Waals surface area contributed by atoms with E-state index in [4.69, 9.17) is 10.7 Å². The third kappa shape index (κ3) is 4.27. The maximum Gasteiger partial charge on any atom is 0.227 e. The number of benzene rings is 1. The molecule has 4 aromatic rings. The number of fused-ring (bicyclic) bond motifs is 1. The Morgan fingerprint density at radius 2 is 1.94 bits per heavy atom. The Balaban J connectivity index is 1.32. The van der Waals surface area contributed by atoms with E-state index < -0.39 is 0 Å². The van der Waals surface area contributed by atoms with Gasteiger partial charge in [-0.2, -0.15) is 0 Å². The number of aromatic nitrogens is 3. The fourth-order valence-corrected chi connectivity index (χ4v) is 4.99. The van der Waals surface area contributed by atoms with Crippen molar-refractivity contribution in [3.63, 3.8) is 0 Å². The number of hydrogen-bond acceptors (Lipinski definition) is 7. The molecule has 8 heteroatoms. The fraction of sp³-hybridized carbons (Fsp3) is 0.250. The van der Waals surface area contributed by atoms with Crippen molar-refractivity contribution in [1.29, 1.82) is 0 Å². The quantitative estimate of drug-likeness (QED) is 0.466. The highest BCUT2D eigenvalue weighted by atomic mass is 32.1. The SMILES string of the molecule is Cc1cccc(Nc2cccc([C@H]3CCCN3C(=O)Cc3ccc4nc(N)sc4c3)n2)n1. The van der Waals surface area contributed by atoms with Crippen LogP contribution in [0, 0.1) is 6.92 Å². The monoisotopic (exact) mass is 444 g/mol. The molecule has 32 heavy (non-hydrogen) atoms. The summed E-state index contributed by atoms with van der Waals surface area (Å²) >= 11 is 1.45. The van der Waals surface area contributed by atoms with Crippen LogP contribution in [0.5, 0.6) is 0 Å². The topological polar surface area (TPSA) is 97.0 Å². The summed E-state index contributed by atoms with van der Waals surface area (Å²) in [7, 11) is 0. The second-order valence-electron chi connectivity index (χ2n) is 8.01. The lowest BCUT2D eigenvalue weighted by Crippen LogP contribution is -2.32. The molecule has 1 aliphatic heterocycles. The van der Waals surface area contributed by atoms with E-state index in [1.54, 1.807) is 0 Å². The summed E-state index contributed by atoms with van der Waals surface area (Å²) in [5.74, 6) is 1.60. The number of aryl methyl sites for hydroxylation is 1. The number of nitrogen functional groups attached to an aromatic ring is 1. The predicted octanol–water partition coefficient (Wildman–Crippen LogP) is 4.63. The molecule has 1 aromatic carbocycles. The summed E-state index contributed by atoms with van der Waals surface area (Å²) < 4.78 is 1.01. The molecule has 0 unspecified atom stereocenters. The lowest BCUT2D eigenvalue weighted by Gasteiger charge is -2.25. The second-order valence-corrected chi connectivity index (χ2v) is 9.08. The number of pyridine rings is 2. The molecule has 0 radical (unpaired) electrons. The van der Waals surface area contributed by atoms with Gasteiger partial charge in [0.2, 0.25) is 5.91 Å². The summed E-state index contributed by atoms with van der Waals surface area (Å²) in [5.41, 5.74) is 9.50. The maximum atomic E-state index is 13.2. The Kier molecular flexibility index (Phi) is 5.45. The van der Waals surface area contributed by atoms with E-state index in [9.17, 15) is 4.79 Å². The van der Waals surface area contributed by atoms with E-state index in [0.717, 1.165) is 58.2 Å². The number of carbonyl (C=O) groups excluding carboxylic acids is 1. The van der Waals surface area contributed by atoms with Crippen molar-refractivity contribution in [2.24, 2.45) is 0 Å². The van der Waals surface area contributed by atoms with Gasteiger partial charge in [-0.25, -0.2) is 15.0 Å². The van der Waals surface area contributed by atoms with Gasteiger partial charge in [-0.3, -0.25) is 4.79 Å². The number of hydrogen-bond donors (Lipinski definition) is 2. The van der Waals surface area contributed by atoms with Crippen molar-refractivity contribution in [1.82, 2.24) is 19.9 Å². The van der Waals surface area contributed by atoms with Gasteiger partial charge in [0.25, 0.3) is 0 Å². The van der Waals surface area contributed by atoms with Crippen LogP contribution in [-0.2, 0) is 11.2 Å². The number of nitrogens with two attached hydrogens (primary N) is 1. The summed E-state index contributed by atoms with van der Waals surface area (Å²) in [5, 5.41) is 3.82. The summed E-state index contributed by atoms with van der Waals surface area (Å²) in [6.07, 6.45) is 2.24. The van der Waals surface area contributed by atoms with E-state index in [-0.39, 0.29) is 11.9 Å². The van der Waals surface area contributed by atoms with Gasteiger partial charge in [0.15, 0.2) is 5.13 Å². The predicted molar refractivity (Wildman–Crippen MR) is 128 cm³/mol. The van der Waals surface area contributed by atoms with Crippen molar-refractivity contribution in [2.45, 2.75) is 32.2 Å². The van der Waals surface area contributed by atoms with Crippen LogP contribution in [0.4, 0.5) is 16.8 Å². The average Bonchev–Trinajstić information content (AvgIpc) is 3.40. The molecule has 1 saturated heterocycles. The molecule has 0 bridgehead atoms. The standard InChI is InChI=1S/C24H24N6OS/c1-15-5-2-8-21(26-15)29-22-9-3-6-17(27-22)19-7-4-12-30(19)23(31)14-16-10-11-18-20(13-16)32-24(25)28-18/h2-3,5-6,8-11,13,19H,4,7,12,14H2,1H3,(H2,25,28)(H,26,27,29)/t19-/m1/s1. The zero-order valence-electron chi connectivity index (χ0n) is 17.8. The Morgan fingerprint density at radius 3 is 2.78 bits per heavy atom. The lowest BCUT2D eigenvalue weighted by atomic mass is 10.1. The average molecular weight is 445 g/mol. The molecule has 0 saturated carbocycles. The number of rotatable bonds is 5. The molecule has 1 amide bonds.